The Kier molecular flexibility index (Phi) is 1.92. The van der Waals surface area contributed by atoms with Crippen LogP contribution in [0.5, 0.6) is 0 Å². The second-order valence-corrected chi connectivity index (χ2v) is 2.21. The fraction of sp³-hybridized carbons (Fsp3) is 0.800. The van der Waals surface area contributed by atoms with Gasteiger partial charge in [-0.2, -0.15) is 0 Å². The average Bonchev–Trinajstić information content (AvgIpc) is 1.86. The number of hydrogen-bond acceptors (Lipinski definition) is 3. The number of aliphatic imine (C=N–C) groups is 1. The fourth-order valence-electron chi connectivity index (χ4n) is 0.879. The van der Waals surface area contributed by atoms with Crippen molar-refractivity contribution >= 4 is 5.96 Å². The van der Waals surface area contributed by atoms with Crippen LogP contribution < -0.4 is 5.73 Å². The van der Waals surface area contributed by atoms with E-state index in [1.165, 1.54) is 0 Å². The van der Waals surface area contributed by atoms with Crippen LogP contribution in [0.15, 0.2) is 4.99 Å². The van der Waals surface area contributed by atoms with E-state index in [0.717, 1.165) is 0 Å². The van der Waals surface area contributed by atoms with E-state index >= 15 is 0 Å². The van der Waals surface area contributed by atoms with Gasteiger partial charge in [0.25, 0.3) is 0 Å². The maximum absolute atomic E-state index is 12.0. The number of nitrogens with two attached hydrogens (primary N) is 1. The molecule has 0 saturated heterocycles. The van der Waals surface area contributed by atoms with Crippen molar-refractivity contribution in [1.82, 2.24) is 4.90 Å². The maximum atomic E-state index is 12.0. The molecule has 0 unspecified atom stereocenters. The van der Waals surface area contributed by atoms with Crippen LogP contribution in [0.1, 0.15) is 6.42 Å². The van der Waals surface area contributed by atoms with Crippen LogP contribution in [0.2, 0.25) is 0 Å². The van der Waals surface area contributed by atoms with Crippen molar-refractivity contribution in [3.63, 3.8) is 0 Å². The van der Waals surface area contributed by atoms with Gasteiger partial charge >= 0.3 is 6.30 Å². The highest BCUT2D eigenvalue weighted by Crippen LogP contribution is 2.22. The van der Waals surface area contributed by atoms with E-state index in [0.29, 0.717) is 13.0 Å². The summed E-state index contributed by atoms with van der Waals surface area (Å²) >= 11 is 0. The molecule has 0 bridgehead atoms. The number of rotatable bonds is 0. The molecule has 0 fully saturated rings. The largest absolute Gasteiger partial charge is 0.487 e. The molecule has 1 heterocycles. The zero-order valence-corrected chi connectivity index (χ0v) is 5.73. The molecule has 0 aromatic rings. The quantitative estimate of drug-likeness (QED) is 0.534. The summed E-state index contributed by atoms with van der Waals surface area (Å²) < 4.78 is 35.9. The first-order valence-corrected chi connectivity index (χ1v) is 3.16. The average molecular weight is 167 g/mol. The molecule has 1 rings (SSSR count). The van der Waals surface area contributed by atoms with Crippen molar-refractivity contribution in [3.8, 4) is 0 Å². The Morgan fingerprint density at radius 1 is 1.45 bits per heavy atom. The standard InChI is InChI=1S/C5H8F3N3/c6-5(7,8)11-3-1-2-10-4(11)9/h1-3H2,(H2,9,10). The Morgan fingerprint density at radius 2 is 2.09 bits per heavy atom. The summed E-state index contributed by atoms with van der Waals surface area (Å²) in [5, 5.41) is 0. The molecule has 0 radical (unpaired) electrons. The summed E-state index contributed by atoms with van der Waals surface area (Å²) in [4.78, 5) is 3.63. The van der Waals surface area contributed by atoms with Crippen molar-refractivity contribution in [2.45, 2.75) is 12.7 Å². The van der Waals surface area contributed by atoms with Gasteiger partial charge in [0.05, 0.1) is 0 Å². The van der Waals surface area contributed by atoms with Crippen LogP contribution in [0, 0.1) is 0 Å². The van der Waals surface area contributed by atoms with Crippen molar-refractivity contribution in [2.24, 2.45) is 10.7 Å². The third-order valence-electron chi connectivity index (χ3n) is 1.40. The van der Waals surface area contributed by atoms with Crippen molar-refractivity contribution in [2.75, 3.05) is 13.1 Å². The van der Waals surface area contributed by atoms with Gasteiger partial charge in [0, 0.05) is 13.1 Å². The monoisotopic (exact) mass is 167 g/mol. The minimum Gasteiger partial charge on any atom is -0.370 e. The Hall–Kier alpha value is -0.940. The Labute approximate surface area is 61.7 Å². The van der Waals surface area contributed by atoms with Gasteiger partial charge < -0.3 is 5.73 Å². The summed E-state index contributed by atoms with van der Waals surface area (Å²) in [6.07, 6.45) is -3.98. The van der Waals surface area contributed by atoms with Crippen LogP contribution in [0.3, 0.4) is 0 Å². The molecule has 0 aliphatic carbocycles. The van der Waals surface area contributed by atoms with Gasteiger partial charge in [0.1, 0.15) is 0 Å². The maximum Gasteiger partial charge on any atom is 0.487 e. The van der Waals surface area contributed by atoms with E-state index < -0.39 is 12.3 Å². The van der Waals surface area contributed by atoms with Gasteiger partial charge in [-0.15, -0.1) is 13.2 Å². The molecule has 11 heavy (non-hydrogen) atoms. The predicted molar refractivity (Wildman–Crippen MR) is 33.9 cm³/mol. The lowest BCUT2D eigenvalue weighted by Crippen LogP contribution is -2.49. The summed E-state index contributed by atoms with van der Waals surface area (Å²) in [5.74, 6) is -0.427. The van der Waals surface area contributed by atoms with E-state index in [9.17, 15) is 13.2 Å². The zero-order chi connectivity index (χ0) is 8.48. The number of hydrogen-bond donors (Lipinski definition) is 1. The molecule has 1 aliphatic rings. The Morgan fingerprint density at radius 3 is 2.45 bits per heavy atom. The topological polar surface area (TPSA) is 41.6 Å². The zero-order valence-electron chi connectivity index (χ0n) is 5.73. The fourth-order valence-corrected chi connectivity index (χ4v) is 0.879. The molecule has 0 saturated carbocycles. The number of alkyl halides is 3. The van der Waals surface area contributed by atoms with Crippen LogP contribution in [0.25, 0.3) is 0 Å². The Bertz CT molecular complexity index is 174. The van der Waals surface area contributed by atoms with Crippen molar-refractivity contribution < 1.29 is 13.2 Å². The smallest absolute Gasteiger partial charge is 0.370 e. The van der Waals surface area contributed by atoms with Crippen molar-refractivity contribution in [1.29, 1.82) is 0 Å². The van der Waals surface area contributed by atoms with E-state index in [2.05, 4.69) is 4.99 Å². The second-order valence-electron chi connectivity index (χ2n) is 2.21. The van der Waals surface area contributed by atoms with E-state index in [4.69, 9.17) is 5.73 Å². The summed E-state index contributed by atoms with van der Waals surface area (Å²) in [6.45, 7) is 0.303. The second kappa shape index (κ2) is 2.60. The molecule has 6 heteroatoms. The summed E-state index contributed by atoms with van der Waals surface area (Å²) in [6, 6.07) is 0. The van der Waals surface area contributed by atoms with Gasteiger partial charge in [-0.05, 0) is 6.42 Å². The molecule has 0 atom stereocenters. The lowest BCUT2D eigenvalue weighted by atomic mass is 10.3. The number of guanidine groups is 1. The normalized spacial score (nSPS) is 19.9. The highest BCUT2D eigenvalue weighted by atomic mass is 19.4. The SMILES string of the molecule is NC1=NCCCN1C(F)(F)F. The Balaban J connectivity index is 2.71. The predicted octanol–water partition coefficient (Wildman–Crippen LogP) is 0.527. The minimum atomic E-state index is -4.38. The molecule has 0 aromatic carbocycles. The van der Waals surface area contributed by atoms with Gasteiger partial charge in [0.2, 0.25) is 0 Å². The molecule has 0 amide bonds. The van der Waals surface area contributed by atoms with Gasteiger partial charge in [-0.1, -0.05) is 0 Å². The summed E-state index contributed by atoms with van der Waals surface area (Å²) in [5.41, 5.74) is 5.02. The highest BCUT2D eigenvalue weighted by molar-refractivity contribution is 5.78. The molecule has 2 N–H and O–H groups in total. The number of nitrogens with zero attached hydrogens (tertiary/aromatic N) is 2. The molecule has 0 aromatic heterocycles. The molecule has 3 nitrogen and oxygen atoms in total. The summed E-state index contributed by atoms with van der Waals surface area (Å²) in [7, 11) is 0. The molecular formula is C5H8F3N3. The van der Waals surface area contributed by atoms with Crippen LogP contribution in [0.4, 0.5) is 13.2 Å². The number of halogens is 3. The lowest BCUT2D eigenvalue weighted by Gasteiger charge is -2.28. The molecule has 64 valence electrons. The van der Waals surface area contributed by atoms with Crippen LogP contribution in [-0.2, 0) is 0 Å². The van der Waals surface area contributed by atoms with Gasteiger partial charge in [0.15, 0.2) is 5.96 Å². The van der Waals surface area contributed by atoms with E-state index in [-0.39, 0.29) is 11.4 Å². The first-order valence-electron chi connectivity index (χ1n) is 3.16. The van der Waals surface area contributed by atoms with Crippen LogP contribution >= 0.6 is 0 Å². The molecule has 1 aliphatic heterocycles. The van der Waals surface area contributed by atoms with E-state index in [1.807, 2.05) is 0 Å². The lowest BCUT2D eigenvalue weighted by molar-refractivity contribution is -0.219. The first kappa shape index (κ1) is 8.16. The van der Waals surface area contributed by atoms with Gasteiger partial charge in [-0.3, -0.25) is 9.89 Å². The first-order chi connectivity index (χ1) is 5.02. The molecular weight excluding hydrogens is 159 g/mol. The third kappa shape index (κ3) is 1.75. The van der Waals surface area contributed by atoms with Gasteiger partial charge in [-0.25, -0.2) is 0 Å². The van der Waals surface area contributed by atoms with Crippen LogP contribution in [-0.4, -0.2) is 30.2 Å². The molecule has 0 spiro atoms. The third-order valence-corrected chi connectivity index (χ3v) is 1.40. The minimum absolute atomic E-state index is 0.0845. The van der Waals surface area contributed by atoms with Crippen molar-refractivity contribution in [3.05, 3.63) is 0 Å². The highest BCUT2D eigenvalue weighted by Gasteiger charge is 2.39. The van der Waals surface area contributed by atoms with E-state index in [1.54, 1.807) is 0 Å².